The van der Waals surface area contributed by atoms with E-state index in [0.717, 1.165) is 0 Å². The van der Waals surface area contributed by atoms with Crippen LogP contribution in [0.25, 0.3) is 100 Å². The molecule has 0 heterocycles. The highest BCUT2D eigenvalue weighted by molar-refractivity contribution is 5.76. The zero-order valence-electron chi connectivity index (χ0n) is 72.5. The van der Waals surface area contributed by atoms with Crippen LogP contribution in [-0.4, -0.2) is 0 Å². The number of aryl methyl sites for hydroxylation is 19. The van der Waals surface area contributed by atoms with Crippen molar-refractivity contribution in [2.45, 2.75) is 138 Å². The summed E-state index contributed by atoms with van der Waals surface area (Å²) < 4.78 is 0. The van der Waals surface area contributed by atoms with Crippen molar-refractivity contribution >= 4 is 0 Å². The second kappa shape index (κ2) is 41.5. The average molecular weight is 1510 g/mol. The number of hydrogen-bond acceptors (Lipinski definition) is 0. The monoisotopic (exact) mass is 1510 g/mol. The molecule has 0 fully saturated rings. The van der Waals surface area contributed by atoms with Gasteiger partial charge in [-0.3, -0.25) is 0 Å². The van der Waals surface area contributed by atoms with Crippen molar-refractivity contribution in [3.05, 3.63) is 463 Å². The average Bonchev–Trinajstić information content (AvgIpc) is 0.837. The maximum Gasteiger partial charge on any atom is -0.0152 e. The van der Waals surface area contributed by atoms with Crippen molar-refractivity contribution in [2.24, 2.45) is 0 Å². The molecule has 0 saturated heterocycles. The SMILES string of the molecule is Cc1ccc(-c2ccc(-c3ccc(C)cc3)cc2)cc1.Cc1ccc(-c2ccc(-c3cccc(C)c3)cc2)cc1.Cc1ccc(-c2ccc(C)c(C)c2)cc1C.Cc1ccc(-c2ccc(C)cc2C)c(C)c1.Cc1ccc(-c2cccc(C)c2)cc1.Cc1ccc(-c2cccc(C)c2C)cc1C.Cc1ccc(-c2ccccc2C)cc1. The molecule has 0 saturated carbocycles. The van der Waals surface area contributed by atoms with Crippen molar-refractivity contribution in [2.75, 3.05) is 0 Å². The predicted molar refractivity (Wildman–Crippen MR) is 509 cm³/mol. The zero-order chi connectivity index (χ0) is 83.0. The number of hydrogen-bond donors (Lipinski definition) is 0. The first-order chi connectivity index (χ1) is 55.7. The van der Waals surface area contributed by atoms with Crippen LogP contribution in [0.1, 0.15) is 111 Å². The molecule has 582 valence electrons. The lowest BCUT2D eigenvalue weighted by Crippen LogP contribution is -1.88. The van der Waals surface area contributed by atoms with E-state index in [1.807, 2.05) is 0 Å². The Bertz CT molecular complexity index is 5680. The quantitative estimate of drug-likeness (QED) is 0.135. The molecular formula is C116H118. The maximum absolute atomic E-state index is 2.27. The Hall–Kier alpha value is -12.5. The second-order valence-corrected chi connectivity index (χ2v) is 31.8. The molecule has 0 atom stereocenters. The summed E-state index contributed by atoms with van der Waals surface area (Å²) in [5.41, 5.74) is 50.0. The van der Waals surface area contributed by atoms with Crippen LogP contribution in [0.15, 0.2) is 352 Å². The van der Waals surface area contributed by atoms with Crippen LogP contribution in [-0.2, 0) is 0 Å². The van der Waals surface area contributed by atoms with Gasteiger partial charge in [0.15, 0.2) is 0 Å². The second-order valence-electron chi connectivity index (χ2n) is 31.8. The van der Waals surface area contributed by atoms with E-state index in [1.54, 1.807) is 0 Å². The Morgan fingerprint density at radius 2 is 0.345 bits per heavy atom. The van der Waals surface area contributed by atoms with Crippen LogP contribution in [0.2, 0.25) is 0 Å². The Morgan fingerprint density at radius 3 is 0.664 bits per heavy atom. The summed E-state index contributed by atoms with van der Waals surface area (Å²) in [4.78, 5) is 0. The van der Waals surface area contributed by atoms with Gasteiger partial charge in [-0.1, -0.05) is 402 Å². The molecule has 0 spiro atoms. The summed E-state index contributed by atoms with van der Waals surface area (Å²) in [6, 6.07) is 126. The van der Waals surface area contributed by atoms with Gasteiger partial charge in [-0.15, -0.1) is 0 Å². The minimum atomic E-state index is 1.26. The zero-order valence-corrected chi connectivity index (χ0v) is 72.5. The number of rotatable bonds is 9. The molecule has 0 aliphatic rings. The molecule has 0 aromatic heterocycles. The fourth-order valence-corrected chi connectivity index (χ4v) is 14.0. The standard InChI is InChI=1S/2C20H18.3C16H18.2C14H14/c1-15-3-7-17(8-4-15)19-11-13-20(14-12-19)18-9-5-16(2)6-10-18;1-15-6-8-17(9-7-15)18-10-12-19(13-11-18)20-5-3-4-16(2)14-20;1-11-5-7-15(9-13(11)3)16-8-6-12(2)14(4)10-16;1-11-5-7-15(13(3)9-11)16-8-6-12(2)10-14(16)4;1-11-8-9-15(10-13(11)3)16-7-5-6-12(2)14(16)4;1-11-6-8-13(9-7-11)14-5-3-4-12(2)10-14;1-11-7-9-13(10-8-11)14-6-4-3-5-12(14)2/h2*3-14H,1-2H3;3*5-10H,1-4H3;2*3-10H,1-2H3. The highest BCUT2D eigenvalue weighted by Gasteiger charge is 2.10. The predicted octanol–water partition coefficient (Wildman–Crippen LogP) is 33.0. The van der Waals surface area contributed by atoms with Crippen molar-refractivity contribution in [3.8, 4) is 100 Å². The topological polar surface area (TPSA) is 0 Å². The van der Waals surface area contributed by atoms with E-state index >= 15 is 0 Å². The molecule has 16 rings (SSSR count). The largest absolute Gasteiger partial charge is 0.0620 e. The highest BCUT2D eigenvalue weighted by Crippen LogP contribution is 2.33. The third-order valence-corrected chi connectivity index (χ3v) is 22.0. The van der Waals surface area contributed by atoms with Gasteiger partial charge in [-0.25, -0.2) is 0 Å². The van der Waals surface area contributed by atoms with Crippen molar-refractivity contribution in [3.63, 3.8) is 0 Å². The fourth-order valence-electron chi connectivity index (χ4n) is 14.0. The Balaban J connectivity index is 0.000000143. The normalized spacial score (nSPS) is 10.4. The van der Waals surface area contributed by atoms with Gasteiger partial charge in [0.05, 0.1) is 0 Å². The lowest BCUT2D eigenvalue weighted by Gasteiger charge is -2.10. The summed E-state index contributed by atoms with van der Waals surface area (Å²) >= 11 is 0. The van der Waals surface area contributed by atoms with E-state index in [9.17, 15) is 0 Å². The molecule has 0 aliphatic heterocycles. The van der Waals surface area contributed by atoms with Crippen molar-refractivity contribution < 1.29 is 0 Å². The Kier molecular flexibility index (Phi) is 30.8. The molecule has 0 aliphatic carbocycles. The van der Waals surface area contributed by atoms with E-state index in [2.05, 4.69) is 490 Å². The van der Waals surface area contributed by atoms with Gasteiger partial charge in [0, 0.05) is 0 Å². The summed E-state index contributed by atoms with van der Waals surface area (Å²) in [6.07, 6.45) is 0. The summed E-state index contributed by atoms with van der Waals surface area (Å²) in [7, 11) is 0. The molecule has 0 N–H and O–H groups in total. The molecule has 0 unspecified atom stereocenters. The van der Waals surface area contributed by atoms with Crippen LogP contribution < -0.4 is 0 Å². The van der Waals surface area contributed by atoms with Gasteiger partial charge in [0.2, 0.25) is 0 Å². The van der Waals surface area contributed by atoms with Gasteiger partial charge in [-0.05, 0) is 300 Å². The Labute approximate surface area is 697 Å². The van der Waals surface area contributed by atoms with E-state index in [-0.39, 0.29) is 0 Å². The third kappa shape index (κ3) is 24.8. The van der Waals surface area contributed by atoms with Crippen LogP contribution in [0.5, 0.6) is 0 Å². The fraction of sp³-hybridized carbons (Fsp3) is 0.172. The molecule has 16 aromatic rings. The number of benzene rings is 16. The smallest absolute Gasteiger partial charge is 0.0152 e. The van der Waals surface area contributed by atoms with Crippen LogP contribution in [0.4, 0.5) is 0 Å². The lowest BCUT2D eigenvalue weighted by molar-refractivity contribution is 1.31. The molecule has 0 bridgehead atoms. The van der Waals surface area contributed by atoms with Gasteiger partial charge in [-0.2, -0.15) is 0 Å². The summed E-state index contributed by atoms with van der Waals surface area (Å²) in [5, 5.41) is 0. The third-order valence-electron chi connectivity index (χ3n) is 22.0. The molecule has 16 aromatic carbocycles. The van der Waals surface area contributed by atoms with Crippen molar-refractivity contribution in [1.82, 2.24) is 0 Å². The summed E-state index contributed by atoms with van der Waals surface area (Å²) in [6.45, 7) is 42.9. The lowest BCUT2D eigenvalue weighted by atomic mass is 9.94. The Morgan fingerprint density at radius 1 is 0.103 bits per heavy atom. The molecule has 0 heteroatoms. The first-order valence-corrected chi connectivity index (χ1v) is 40.9. The first kappa shape index (κ1) is 85.9. The van der Waals surface area contributed by atoms with Gasteiger partial charge in [0.1, 0.15) is 0 Å². The maximum atomic E-state index is 2.27. The minimum absolute atomic E-state index is 1.26. The molecular weight excluding hydrogens is 1390 g/mol. The molecule has 0 radical (unpaired) electrons. The molecule has 116 heavy (non-hydrogen) atoms. The first-order valence-electron chi connectivity index (χ1n) is 40.9. The molecule has 0 nitrogen and oxygen atoms in total. The van der Waals surface area contributed by atoms with E-state index in [0.29, 0.717) is 0 Å². The van der Waals surface area contributed by atoms with E-state index in [4.69, 9.17) is 0 Å². The van der Waals surface area contributed by atoms with E-state index < -0.39 is 0 Å². The summed E-state index contributed by atoms with van der Waals surface area (Å²) in [5.74, 6) is 0. The van der Waals surface area contributed by atoms with Crippen LogP contribution >= 0.6 is 0 Å². The van der Waals surface area contributed by atoms with Gasteiger partial charge in [0.25, 0.3) is 0 Å². The van der Waals surface area contributed by atoms with Gasteiger partial charge < -0.3 is 0 Å². The molecule has 0 amide bonds. The highest BCUT2D eigenvalue weighted by atomic mass is 14.1. The van der Waals surface area contributed by atoms with E-state index in [1.165, 1.54) is 211 Å². The minimum Gasteiger partial charge on any atom is -0.0620 e. The van der Waals surface area contributed by atoms with Crippen molar-refractivity contribution in [1.29, 1.82) is 0 Å². The van der Waals surface area contributed by atoms with Crippen LogP contribution in [0.3, 0.4) is 0 Å². The van der Waals surface area contributed by atoms with Gasteiger partial charge >= 0.3 is 0 Å². The van der Waals surface area contributed by atoms with Crippen LogP contribution in [0, 0.1) is 138 Å².